The van der Waals surface area contributed by atoms with Gasteiger partial charge in [0.2, 0.25) is 0 Å². The molecule has 3 aliphatic rings. The zero-order valence-corrected chi connectivity index (χ0v) is 35.1. The van der Waals surface area contributed by atoms with Gasteiger partial charge in [-0.2, -0.15) is 0 Å². The molecule has 2 aromatic rings. The molecule has 4 unspecified atom stereocenters. The Morgan fingerprint density at radius 1 is 1.03 bits per heavy atom. The number of esters is 2. The molecule has 5 N–H and O–H groups in total. The highest BCUT2D eigenvalue weighted by Crippen LogP contribution is 2.44. The molecule has 0 amide bonds. The van der Waals surface area contributed by atoms with Gasteiger partial charge in [-0.1, -0.05) is 106 Å². The van der Waals surface area contributed by atoms with E-state index in [4.69, 9.17) is 28.8 Å². The molecule has 12 heteroatoms. The van der Waals surface area contributed by atoms with Crippen molar-refractivity contribution in [1.82, 2.24) is 10.6 Å². The molecule has 5 rings (SSSR count). The van der Waals surface area contributed by atoms with Crippen molar-refractivity contribution in [3.05, 3.63) is 108 Å². The van der Waals surface area contributed by atoms with Gasteiger partial charge in [-0.05, 0) is 62.8 Å². The lowest BCUT2D eigenvalue weighted by Gasteiger charge is -2.49. The largest absolute Gasteiger partial charge is 0.483 e. The number of cyclic esters (lactones) is 1. The Bertz CT molecular complexity index is 1710. The number of piperazine rings is 1. The fourth-order valence-corrected chi connectivity index (χ4v) is 8.36. The molecule has 0 saturated carbocycles. The van der Waals surface area contributed by atoms with Gasteiger partial charge in [-0.15, -0.1) is 0 Å². The summed E-state index contributed by atoms with van der Waals surface area (Å²) < 4.78 is 23.9. The van der Waals surface area contributed by atoms with E-state index in [9.17, 15) is 19.8 Å². The first kappa shape index (κ1) is 46.5. The number of benzene rings is 2. The number of carboxylic acid groups (broad SMARTS) is 1. The molecule has 0 spiro atoms. The van der Waals surface area contributed by atoms with Crippen molar-refractivity contribution in [2.45, 2.75) is 140 Å². The summed E-state index contributed by atoms with van der Waals surface area (Å²) in [4.78, 5) is 33.4. The normalized spacial score (nSPS) is 34.8. The number of carbonyl (C=O) groups is 3. The van der Waals surface area contributed by atoms with Crippen LogP contribution < -0.4 is 10.6 Å². The molecule has 12 nitrogen and oxygen atoms in total. The Hall–Kier alpha value is -4.17. The first-order valence-corrected chi connectivity index (χ1v) is 20.3. The summed E-state index contributed by atoms with van der Waals surface area (Å²) in [7, 11) is 1.76. The van der Waals surface area contributed by atoms with Gasteiger partial charge in [0.15, 0.2) is 0 Å². The molecule has 0 aliphatic carbocycles. The van der Waals surface area contributed by atoms with Gasteiger partial charge in [0.25, 0.3) is 6.47 Å². The van der Waals surface area contributed by atoms with E-state index in [1.54, 1.807) is 20.1 Å². The van der Waals surface area contributed by atoms with Crippen LogP contribution in [0.5, 0.6) is 0 Å². The standard InChI is InChI=1S/C45H62N2O8.CH2O2/c1-9-35(52-8)30(4)41-42(55-41)43-44(6,47-39(33-20-14-11-15-21-33)38(46-43)32-18-12-10-13-19-32)25-16-17-28(2)40-29(3)22-23-36(53-31(5)48)45(7,51)26-24-34(49)27-37(50)54-40;2-1-3/h10-23,25,29-30,34-36,38-43,46-47,49,51H,9,24,26-27H2,1-8H3;1H,(H,2,3)/b23-22+,25-16+,28-17+;/t29-,30+,34+,35-,36-,38?,39?,40+,41+,42+,43?,44?,45+;/m0./s1. The van der Waals surface area contributed by atoms with Crippen LogP contribution in [0, 0.1) is 11.8 Å². The predicted molar refractivity (Wildman–Crippen MR) is 222 cm³/mol. The fraction of sp³-hybridized carbons (Fsp3) is 0.543. The third-order valence-electron chi connectivity index (χ3n) is 11.7. The van der Waals surface area contributed by atoms with Crippen LogP contribution in [0.1, 0.15) is 97.4 Å². The average molecular weight is 805 g/mol. The zero-order chi connectivity index (χ0) is 42.6. The van der Waals surface area contributed by atoms with Crippen LogP contribution in [0.15, 0.2) is 96.6 Å². The Balaban J connectivity index is 0.00000240. The van der Waals surface area contributed by atoms with Crippen molar-refractivity contribution in [2.75, 3.05) is 7.11 Å². The highest BCUT2D eigenvalue weighted by atomic mass is 16.6. The molecule has 3 heterocycles. The lowest BCUT2D eigenvalue weighted by molar-refractivity contribution is -0.157. The van der Waals surface area contributed by atoms with Crippen LogP contribution in [-0.4, -0.2) is 94.6 Å². The molecular weight excluding hydrogens is 741 g/mol. The summed E-state index contributed by atoms with van der Waals surface area (Å²) in [6.07, 6.45) is 7.94. The van der Waals surface area contributed by atoms with Crippen LogP contribution in [0.4, 0.5) is 0 Å². The summed E-state index contributed by atoms with van der Waals surface area (Å²) in [5.74, 6) is -1.20. The molecule has 13 atom stereocenters. The van der Waals surface area contributed by atoms with E-state index in [0.717, 1.165) is 17.6 Å². The van der Waals surface area contributed by atoms with Gasteiger partial charge < -0.3 is 39.6 Å². The van der Waals surface area contributed by atoms with Gasteiger partial charge in [-0.3, -0.25) is 19.7 Å². The monoisotopic (exact) mass is 804 g/mol. The van der Waals surface area contributed by atoms with Crippen molar-refractivity contribution in [3.63, 3.8) is 0 Å². The third-order valence-corrected chi connectivity index (χ3v) is 11.7. The number of ether oxygens (including phenoxy) is 4. The molecule has 0 aromatic heterocycles. The van der Waals surface area contributed by atoms with E-state index >= 15 is 0 Å². The molecular formula is C46H64N2O10. The van der Waals surface area contributed by atoms with Gasteiger partial charge in [-0.25, -0.2) is 0 Å². The number of allylic oxidation sites excluding steroid dienone is 2. The number of hydrogen-bond donors (Lipinski definition) is 5. The number of carbonyl (C=O) groups excluding carboxylic acids is 2. The van der Waals surface area contributed by atoms with Crippen molar-refractivity contribution in [1.29, 1.82) is 0 Å². The third kappa shape index (κ3) is 12.2. The van der Waals surface area contributed by atoms with E-state index in [2.05, 4.69) is 86.0 Å². The minimum atomic E-state index is -1.44. The molecule has 2 aromatic carbocycles. The maximum absolute atomic E-state index is 13.1. The maximum Gasteiger partial charge on any atom is 0.309 e. The first-order valence-electron chi connectivity index (χ1n) is 20.3. The number of epoxide rings is 1. The number of nitrogens with one attached hydrogen (secondary N) is 2. The molecule has 0 bridgehead atoms. The Morgan fingerprint density at radius 2 is 1.64 bits per heavy atom. The quantitative estimate of drug-likeness (QED) is 0.0577. The summed E-state index contributed by atoms with van der Waals surface area (Å²) in [5.41, 5.74) is 1.10. The Kier molecular flexibility index (Phi) is 17.0. The SMILES string of the molecule is CC[C@H](OC)[C@@H](C)[C@H]1O[C@H]1C1NC(c2ccccc2)C(c2ccccc2)NC1(C)/C=C/C=C(\C)[C@H]1OC(=O)C[C@H](O)CC[C@@](C)(O)[C@@H](OC(C)=O)/C=C/[C@@H]1C.O=CO. The number of aliphatic hydroxyl groups excluding tert-OH is 1. The maximum atomic E-state index is 13.1. The molecule has 2 saturated heterocycles. The van der Waals surface area contributed by atoms with Crippen molar-refractivity contribution < 1.29 is 48.7 Å². The zero-order valence-electron chi connectivity index (χ0n) is 35.1. The highest BCUT2D eigenvalue weighted by Gasteiger charge is 2.57. The molecule has 3 aliphatic heterocycles. The predicted octanol–water partition coefficient (Wildman–Crippen LogP) is 6.15. The first-order chi connectivity index (χ1) is 27.6. The van der Waals surface area contributed by atoms with E-state index in [-0.39, 0.29) is 74.0 Å². The second-order valence-corrected chi connectivity index (χ2v) is 16.3. The highest BCUT2D eigenvalue weighted by molar-refractivity contribution is 5.70. The van der Waals surface area contributed by atoms with Gasteiger partial charge in [0.1, 0.15) is 23.9 Å². The Morgan fingerprint density at radius 3 is 2.21 bits per heavy atom. The lowest BCUT2D eigenvalue weighted by Crippen LogP contribution is -2.67. The van der Waals surface area contributed by atoms with Crippen LogP contribution >= 0.6 is 0 Å². The fourth-order valence-electron chi connectivity index (χ4n) is 8.36. The van der Waals surface area contributed by atoms with Crippen LogP contribution in [0.3, 0.4) is 0 Å². The summed E-state index contributed by atoms with van der Waals surface area (Å²) in [6, 6.07) is 20.8. The molecule has 2 fully saturated rings. The van der Waals surface area contributed by atoms with E-state index in [1.807, 2.05) is 44.2 Å². The minimum absolute atomic E-state index is 0.0223. The lowest BCUT2D eigenvalue weighted by atomic mass is 9.78. The van der Waals surface area contributed by atoms with Crippen molar-refractivity contribution >= 4 is 18.4 Å². The second-order valence-electron chi connectivity index (χ2n) is 16.3. The average Bonchev–Trinajstić information content (AvgIpc) is 3.99. The summed E-state index contributed by atoms with van der Waals surface area (Å²) in [5, 5.41) is 36.9. The molecule has 58 heavy (non-hydrogen) atoms. The number of rotatable bonds is 11. The van der Waals surface area contributed by atoms with Gasteiger partial charge >= 0.3 is 11.9 Å². The number of hydrogen-bond acceptors (Lipinski definition) is 11. The van der Waals surface area contributed by atoms with Crippen LogP contribution in [0.25, 0.3) is 0 Å². The summed E-state index contributed by atoms with van der Waals surface area (Å²) >= 11 is 0. The smallest absolute Gasteiger partial charge is 0.309 e. The van der Waals surface area contributed by atoms with Crippen molar-refractivity contribution in [3.8, 4) is 0 Å². The molecule has 318 valence electrons. The molecule has 0 radical (unpaired) electrons. The second kappa shape index (κ2) is 21.2. The summed E-state index contributed by atoms with van der Waals surface area (Å²) in [6.45, 7) is 13.0. The number of methoxy groups -OCH3 is 1. The van der Waals surface area contributed by atoms with Crippen molar-refractivity contribution in [2.24, 2.45) is 11.8 Å². The number of aliphatic hydroxyl groups is 2. The Labute approximate surface area is 343 Å². The van der Waals surface area contributed by atoms with Gasteiger partial charge in [0.05, 0.1) is 48.4 Å². The minimum Gasteiger partial charge on any atom is -0.483 e. The van der Waals surface area contributed by atoms with Gasteiger partial charge in [0, 0.05) is 25.9 Å². The van der Waals surface area contributed by atoms with E-state index in [1.165, 1.54) is 12.5 Å². The topological polar surface area (TPSA) is 176 Å². The van der Waals surface area contributed by atoms with Crippen LogP contribution in [-0.2, 0) is 33.3 Å². The van der Waals surface area contributed by atoms with E-state index < -0.39 is 41.4 Å². The van der Waals surface area contributed by atoms with Crippen LogP contribution in [0.2, 0.25) is 0 Å². The van der Waals surface area contributed by atoms with E-state index in [0.29, 0.717) is 0 Å².